The van der Waals surface area contributed by atoms with E-state index in [0.717, 1.165) is 18.9 Å². The van der Waals surface area contributed by atoms with Crippen LogP contribution in [0.4, 0.5) is 11.5 Å². The van der Waals surface area contributed by atoms with Gasteiger partial charge in [0.25, 0.3) is 0 Å². The van der Waals surface area contributed by atoms with Gasteiger partial charge < -0.3 is 10.4 Å². The van der Waals surface area contributed by atoms with Crippen LogP contribution in [0.2, 0.25) is 0 Å². The van der Waals surface area contributed by atoms with Gasteiger partial charge in [0.15, 0.2) is 5.69 Å². The van der Waals surface area contributed by atoms with Crippen molar-refractivity contribution >= 4 is 17.5 Å². The summed E-state index contributed by atoms with van der Waals surface area (Å²) in [5.74, 6) is -0.864. The van der Waals surface area contributed by atoms with Gasteiger partial charge in [-0.05, 0) is 18.9 Å². The lowest BCUT2D eigenvalue weighted by molar-refractivity contribution is -0.384. The summed E-state index contributed by atoms with van der Waals surface area (Å²) < 4.78 is 0. The minimum absolute atomic E-state index is 0.00861. The number of nitro groups is 1. The van der Waals surface area contributed by atoms with Gasteiger partial charge in [-0.3, -0.25) is 10.1 Å². The van der Waals surface area contributed by atoms with E-state index in [1.807, 2.05) is 20.8 Å². The van der Waals surface area contributed by atoms with Crippen molar-refractivity contribution in [3.05, 3.63) is 27.9 Å². The Morgan fingerprint density at radius 3 is 2.50 bits per heavy atom. The Balaban J connectivity index is 3.10. The Labute approximate surface area is 117 Å². The number of nitrogens with one attached hydrogen (secondary N) is 1. The number of pyridine rings is 1. The third-order valence-electron chi connectivity index (χ3n) is 3.41. The zero-order valence-corrected chi connectivity index (χ0v) is 11.8. The van der Waals surface area contributed by atoms with Crippen LogP contribution in [0.3, 0.4) is 0 Å². The fourth-order valence-corrected chi connectivity index (χ4v) is 2.15. The van der Waals surface area contributed by atoms with Gasteiger partial charge in [0, 0.05) is 12.1 Å². The van der Waals surface area contributed by atoms with E-state index < -0.39 is 10.9 Å². The molecule has 0 aliphatic carbocycles. The summed E-state index contributed by atoms with van der Waals surface area (Å²) in [5.41, 5.74) is -0.428. The Hall–Kier alpha value is -2.18. The molecule has 7 nitrogen and oxygen atoms in total. The number of anilines is 1. The second-order valence-corrected chi connectivity index (χ2v) is 4.64. The lowest BCUT2D eigenvalue weighted by atomic mass is 9.95. The molecule has 0 fully saturated rings. The van der Waals surface area contributed by atoms with E-state index in [-0.39, 0.29) is 23.2 Å². The zero-order chi connectivity index (χ0) is 15.3. The third-order valence-corrected chi connectivity index (χ3v) is 3.41. The zero-order valence-electron chi connectivity index (χ0n) is 11.8. The summed E-state index contributed by atoms with van der Waals surface area (Å²) in [5, 5.41) is 22.9. The first-order valence-corrected chi connectivity index (χ1v) is 6.55. The van der Waals surface area contributed by atoms with E-state index in [9.17, 15) is 14.9 Å². The SMILES string of the molecule is CCC(CC)C(C)Nc1nc(C(=O)O)ccc1[N+](=O)[O-]. The van der Waals surface area contributed by atoms with Gasteiger partial charge in [-0.2, -0.15) is 0 Å². The predicted octanol–water partition coefficient (Wildman–Crippen LogP) is 2.92. The molecule has 0 saturated heterocycles. The molecule has 1 aromatic heterocycles. The molecule has 0 amide bonds. The molecule has 0 saturated carbocycles. The molecule has 0 radical (unpaired) electrons. The number of carbonyl (C=O) groups is 1. The molecular formula is C13H19N3O4. The van der Waals surface area contributed by atoms with Gasteiger partial charge in [-0.25, -0.2) is 9.78 Å². The van der Waals surface area contributed by atoms with E-state index in [1.165, 1.54) is 6.07 Å². The Kier molecular flexibility index (Phi) is 5.42. The predicted molar refractivity (Wildman–Crippen MR) is 75.0 cm³/mol. The highest BCUT2D eigenvalue weighted by Gasteiger charge is 2.22. The molecule has 1 rings (SSSR count). The Bertz CT molecular complexity index is 500. The van der Waals surface area contributed by atoms with Crippen molar-refractivity contribution in [2.45, 2.75) is 39.7 Å². The second kappa shape index (κ2) is 6.83. The second-order valence-electron chi connectivity index (χ2n) is 4.64. The summed E-state index contributed by atoms with van der Waals surface area (Å²) in [6, 6.07) is 2.27. The lowest BCUT2D eigenvalue weighted by Crippen LogP contribution is -2.26. The molecule has 0 spiro atoms. The molecule has 0 aliphatic rings. The molecule has 0 bridgehead atoms. The van der Waals surface area contributed by atoms with E-state index >= 15 is 0 Å². The molecule has 7 heteroatoms. The first-order chi connectivity index (χ1) is 9.40. The number of aromatic carboxylic acids is 1. The van der Waals surface area contributed by atoms with Crippen LogP contribution in [0.25, 0.3) is 0 Å². The lowest BCUT2D eigenvalue weighted by Gasteiger charge is -2.22. The van der Waals surface area contributed by atoms with Crippen LogP contribution in [0.1, 0.15) is 44.1 Å². The highest BCUT2D eigenvalue weighted by Crippen LogP contribution is 2.25. The van der Waals surface area contributed by atoms with Gasteiger partial charge in [0.05, 0.1) is 4.92 Å². The normalized spacial score (nSPS) is 12.2. The van der Waals surface area contributed by atoms with Crippen molar-refractivity contribution in [3.8, 4) is 0 Å². The molecule has 20 heavy (non-hydrogen) atoms. The third kappa shape index (κ3) is 3.66. The number of hydrogen-bond acceptors (Lipinski definition) is 5. The summed E-state index contributed by atoms with van der Waals surface area (Å²) >= 11 is 0. The number of carboxylic acids is 1. The van der Waals surface area contributed by atoms with E-state index in [4.69, 9.17) is 5.11 Å². The maximum Gasteiger partial charge on any atom is 0.354 e. The minimum Gasteiger partial charge on any atom is -0.477 e. The van der Waals surface area contributed by atoms with Crippen molar-refractivity contribution in [2.24, 2.45) is 5.92 Å². The molecular weight excluding hydrogens is 262 g/mol. The van der Waals surface area contributed by atoms with Crippen molar-refractivity contribution in [2.75, 3.05) is 5.32 Å². The maximum absolute atomic E-state index is 11.0. The standard InChI is InChI=1S/C13H19N3O4/c1-4-9(5-2)8(3)14-12-11(16(19)20)7-6-10(15-12)13(17)18/h6-9H,4-5H2,1-3H3,(H,14,15)(H,17,18). The van der Waals surface area contributed by atoms with Crippen LogP contribution >= 0.6 is 0 Å². The average Bonchev–Trinajstić information content (AvgIpc) is 2.39. The summed E-state index contributed by atoms with van der Waals surface area (Å²) in [7, 11) is 0. The Morgan fingerprint density at radius 1 is 1.45 bits per heavy atom. The fraction of sp³-hybridized carbons (Fsp3) is 0.538. The fourth-order valence-electron chi connectivity index (χ4n) is 2.15. The first-order valence-electron chi connectivity index (χ1n) is 6.55. The summed E-state index contributed by atoms with van der Waals surface area (Å²) in [6.07, 6.45) is 1.86. The average molecular weight is 281 g/mol. The van der Waals surface area contributed by atoms with Crippen LogP contribution in [0.15, 0.2) is 12.1 Å². The van der Waals surface area contributed by atoms with Crippen molar-refractivity contribution in [1.29, 1.82) is 0 Å². The largest absolute Gasteiger partial charge is 0.477 e. The van der Waals surface area contributed by atoms with Crippen molar-refractivity contribution in [3.63, 3.8) is 0 Å². The van der Waals surface area contributed by atoms with Crippen LogP contribution in [0.5, 0.6) is 0 Å². The van der Waals surface area contributed by atoms with Gasteiger partial charge in [-0.1, -0.05) is 26.7 Å². The molecule has 2 N–H and O–H groups in total. The minimum atomic E-state index is -1.21. The number of hydrogen-bond donors (Lipinski definition) is 2. The van der Waals surface area contributed by atoms with Crippen LogP contribution in [0, 0.1) is 16.0 Å². The number of nitrogens with zero attached hydrogens (tertiary/aromatic N) is 2. The highest BCUT2D eigenvalue weighted by molar-refractivity contribution is 5.86. The number of rotatable bonds is 7. The topological polar surface area (TPSA) is 105 Å². The van der Waals surface area contributed by atoms with Crippen LogP contribution in [-0.4, -0.2) is 27.0 Å². The smallest absolute Gasteiger partial charge is 0.354 e. The van der Waals surface area contributed by atoms with Crippen LogP contribution in [-0.2, 0) is 0 Å². The maximum atomic E-state index is 11.0. The number of carboxylic acid groups (broad SMARTS) is 1. The Morgan fingerprint density at radius 2 is 2.05 bits per heavy atom. The molecule has 0 aliphatic heterocycles. The molecule has 1 heterocycles. The molecule has 1 aromatic rings. The highest BCUT2D eigenvalue weighted by atomic mass is 16.6. The molecule has 0 aromatic carbocycles. The quantitative estimate of drug-likeness (QED) is 0.588. The van der Waals surface area contributed by atoms with Gasteiger partial charge in [0.1, 0.15) is 0 Å². The monoisotopic (exact) mass is 281 g/mol. The molecule has 110 valence electrons. The van der Waals surface area contributed by atoms with E-state index in [0.29, 0.717) is 5.92 Å². The molecule has 1 unspecified atom stereocenters. The van der Waals surface area contributed by atoms with Crippen LogP contribution < -0.4 is 5.32 Å². The van der Waals surface area contributed by atoms with Crippen molar-refractivity contribution in [1.82, 2.24) is 4.98 Å². The number of aromatic nitrogens is 1. The van der Waals surface area contributed by atoms with Gasteiger partial charge in [-0.15, -0.1) is 0 Å². The van der Waals surface area contributed by atoms with Gasteiger partial charge in [0.2, 0.25) is 5.82 Å². The first kappa shape index (κ1) is 15.9. The summed E-state index contributed by atoms with van der Waals surface area (Å²) in [4.78, 5) is 25.1. The molecule has 1 atom stereocenters. The summed E-state index contributed by atoms with van der Waals surface area (Å²) in [6.45, 7) is 6.00. The van der Waals surface area contributed by atoms with E-state index in [2.05, 4.69) is 10.3 Å². The van der Waals surface area contributed by atoms with E-state index in [1.54, 1.807) is 0 Å². The van der Waals surface area contributed by atoms with Crippen molar-refractivity contribution < 1.29 is 14.8 Å². The van der Waals surface area contributed by atoms with Gasteiger partial charge >= 0.3 is 11.7 Å².